The minimum absolute atomic E-state index is 0.241. The van der Waals surface area contributed by atoms with Crippen molar-refractivity contribution in [2.45, 2.75) is 0 Å². The number of hydrogen-bond acceptors (Lipinski definition) is 9. The lowest BCUT2D eigenvalue weighted by Crippen LogP contribution is -2.47. The maximum Gasteiger partial charge on any atom is 0.222 e. The van der Waals surface area contributed by atoms with Gasteiger partial charge < -0.3 is 25.0 Å². The summed E-state index contributed by atoms with van der Waals surface area (Å²) < 4.78 is 10.8. The molecule has 2 N–H and O–H groups in total. The molecule has 33 heavy (non-hydrogen) atoms. The van der Waals surface area contributed by atoms with Crippen LogP contribution < -0.4 is 25.0 Å². The fraction of sp³-hybridized carbons (Fsp3) is 0.250. The number of piperazine rings is 1. The topological polar surface area (TPSA) is 103 Å². The van der Waals surface area contributed by atoms with Crippen LogP contribution in [0.2, 0.25) is 0 Å². The number of ether oxygens (including phenoxy) is 2. The summed E-state index contributed by atoms with van der Waals surface area (Å²) in [5, 5.41) is 0. The van der Waals surface area contributed by atoms with Crippen LogP contribution in [-0.4, -0.2) is 60.3 Å². The van der Waals surface area contributed by atoms with Gasteiger partial charge in [-0.25, -0.2) is 15.0 Å². The van der Waals surface area contributed by atoms with Gasteiger partial charge in [0.2, 0.25) is 5.95 Å². The Morgan fingerprint density at radius 1 is 0.818 bits per heavy atom. The molecule has 0 saturated carbocycles. The van der Waals surface area contributed by atoms with Gasteiger partial charge >= 0.3 is 0 Å². The Hall–Kier alpha value is -4.14. The molecule has 1 aromatic carbocycles. The molecule has 9 heteroatoms. The van der Waals surface area contributed by atoms with E-state index in [4.69, 9.17) is 20.2 Å². The van der Waals surface area contributed by atoms with Crippen molar-refractivity contribution in [3.63, 3.8) is 0 Å². The van der Waals surface area contributed by atoms with Crippen LogP contribution in [0, 0.1) is 0 Å². The van der Waals surface area contributed by atoms with Crippen molar-refractivity contribution in [1.29, 1.82) is 0 Å². The second-order valence-electron chi connectivity index (χ2n) is 7.70. The highest BCUT2D eigenvalue weighted by atomic mass is 16.5. The summed E-state index contributed by atoms with van der Waals surface area (Å²) in [5.74, 6) is 3.30. The Labute approximate surface area is 191 Å². The zero-order chi connectivity index (χ0) is 22.8. The van der Waals surface area contributed by atoms with Gasteiger partial charge in [0.1, 0.15) is 11.3 Å². The number of nitrogens with two attached hydrogens (primary N) is 1. The maximum absolute atomic E-state index is 6.04. The number of anilines is 3. The maximum atomic E-state index is 6.04. The highest BCUT2D eigenvalue weighted by molar-refractivity contribution is 5.89. The number of pyridine rings is 2. The van der Waals surface area contributed by atoms with Gasteiger partial charge in [-0.1, -0.05) is 6.07 Å². The third-order valence-corrected chi connectivity index (χ3v) is 5.77. The molecular weight excluding hydrogens is 418 g/mol. The Morgan fingerprint density at radius 2 is 1.61 bits per heavy atom. The summed E-state index contributed by atoms with van der Waals surface area (Å²) in [6, 6.07) is 15.6. The Bertz CT molecular complexity index is 1270. The van der Waals surface area contributed by atoms with Crippen LogP contribution in [0.25, 0.3) is 22.3 Å². The predicted octanol–water partition coefficient (Wildman–Crippen LogP) is 3.01. The van der Waals surface area contributed by atoms with Gasteiger partial charge in [-0.15, -0.1) is 0 Å². The van der Waals surface area contributed by atoms with Crippen molar-refractivity contribution in [2.24, 2.45) is 0 Å². The van der Waals surface area contributed by atoms with Crippen molar-refractivity contribution < 1.29 is 9.47 Å². The molecular formula is C24H25N7O2. The zero-order valence-corrected chi connectivity index (χ0v) is 18.6. The molecule has 1 aliphatic rings. The predicted molar refractivity (Wildman–Crippen MR) is 129 cm³/mol. The Morgan fingerprint density at radius 3 is 2.33 bits per heavy atom. The quantitative estimate of drug-likeness (QED) is 0.498. The van der Waals surface area contributed by atoms with Crippen molar-refractivity contribution >= 4 is 28.6 Å². The molecule has 0 bridgehead atoms. The summed E-state index contributed by atoms with van der Waals surface area (Å²) in [6.07, 6.45) is 1.82. The molecule has 4 aromatic rings. The number of nitrogens with zero attached hydrogens (tertiary/aromatic N) is 6. The first-order chi connectivity index (χ1) is 16.2. The third-order valence-electron chi connectivity index (χ3n) is 5.77. The van der Waals surface area contributed by atoms with E-state index in [0.29, 0.717) is 17.0 Å². The fourth-order valence-electron chi connectivity index (χ4n) is 4.08. The standard InChI is InChI=1S/C24H25N7O2/c1-32-19-9-6-16(15-20(19)33-2)17-7-8-18-22(27-17)23(29-24(25)28-18)31-13-11-30(12-14-31)21-5-3-4-10-26-21/h3-10,15H,11-14H2,1-2H3,(H2,25,28,29). The molecule has 4 heterocycles. The van der Waals surface area contributed by atoms with Gasteiger partial charge in [0, 0.05) is 37.9 Å². The van der Waals surface area contributed by atoms with Crippen molar-refractivity contribution in [1.82, 2.24) is 19.9 Å². The lowest BCUT2D eigenvalue weighted by molar-refractivity contribution is 0.355. The average molecular weight is 444 g/mol. The second kappa shape index (κ2) is 8.78. The van der Waals surface area contributed by atoms with E-state index in [2.05, 4.69) is 24.8 Å². The number of hydrogen-bond donors (Lipinski definition) is 1. The van der Waals surface area contributed by atoms with Crippen molar-refractivity contribution in [3.8, 4) is 22.8 Å². The molecule has 1 aliphatic heterocycles. The van der Waals surface area contributed by atoms with Crippen LogP contribution in [0.3, 0.4) is 0 Å². The third kappa shape index (κ3) is 4.05. The first kappa shape index (κ1) is 20.7. The van der Waals surface area contributed by atoms with E-state index < -0.39 is 0 Å². The minimum Gasteiger partial charge on any atom is -0.493 e. The number of aromatic nitrogens is 4. The molecule has 1 saturated heterocycles. The first-order valence-electron chi connectivity index (χ1n) is 10.7. The zero-order valence-electron chi connectivity index (χ0n) is 18.6. The summed E-state index contributed by atoms with van der Waals surface area (Å²) in [4.78, 5) is 22.8. The second-order valence-corrected chi connectivity index (χ2v) is 7.70. The largest absolute Gasteiger partial charge is 0.493 e. The van der Waals surface area contributed by atoms with E-state index >= 15 is 0 Å². The van der Waals surface area contributed by atoms with Crippen LogP contribution in [0.1, 0.15) is 0 Å². The number of nitrogen functional groups attached to an aromatic ring is 1. The van der Waals surface area contributed by atoms with E-state index in [1.54, 1.807) is 14.2 Å². The summed E-state index contributed by atoms with van der Waals surface area (Å²) in [7, 11) is 3.24. The van der Waals surface area contributed by atoms with Gasteiger partial charge in [-0.05, 0) is 42.5 Å². The molecule has 168 valence electrons. The van der Waals surface area contributed by atoms with Gasteiger partial charge in [0.15, 0.2) is 17.3 Å². The molecule has 0 unspecified atom stereocenters. The van der Waals surface area contributed by atoms with E-state index in [1.807, 2.05) is 54.7 Å². The smallest absolute Gasteiger partial charge is 0.222 e. The number of methoxy groups -OCH3 is 2. The van der Waals surface area contributed by atoms with Crippen LogP contribution in [0.4, 0.5) is 17.6 Å². The van der Waals surface area contributed by atoms with Gasteiger partial charge in [-0.3, -0.25) is 0 Å². The normalized spacial score (nSPS) is 13.9. The SMILES string of the molecule is COc1ccc(-c2ccc3nc(N)nc(N4CCN(c5ccccn5)CC4)c3n2)cc1OC. The monoisotopic (exact) mass is 443 g/mol. The minimum atomic E-state index is 0.241. The van der Waals surface area contributed by atoms with Gasteiger partial charge in [0.25, 0.3) is 0 Å². The lowest BCUT2D eigenvalue weighted by Gasteiger charge is -2.36. The highest BCUT2D eigenvalue weighted by Crippen LogP contribution is 2.33. The molecule has 0 atom stereocenters. The Kier molecular flexibility index (Phi) is 5.52. The van der Waals surface area contributed by atoms with E-state index in [1.165, 1.54) is 0 Å². The molecule has 0 spiro atoms. The fourth-order valence-corrected chi connectivity index (χ4v) is 4.08. The van der Waals surface area contributed by atoms with Gasteiger partial charge in [-0.2, -0.15) is 4.98 Å². The first-order valence-corrected chi connectivity index (χ1v) is 10.7. The van der Waals surface area contributed by atoms with Crippen LogP contribution in [0.5, 0.6) is 11.5 Å². The van der Waals surface area contributed by atoms with E-state index in [9.17, 15) is 0 Å². The molecule has 5 rings (SSSR count). The van der Waals surface area contributed by atoms with Crippen LogP contribution >= 0.6 is 0 Å². The molecule has 0 aliphatic carbocycles. The highest BCUT2D eigenvalue weighted by Gasteiger charge is 2.22. The summed E-state index contributed by atoms with van der Waals surface area (Å²) >= 11 is 0. The average Bonchev–Trinajstić information content (AvgIpc) is 2.88. The summed E-state index contributed by atoms with van der Waals surface area (Å²) in [6.45, 7) is 3.23. The molecule has 0 radical (unpaired) electrons. The van der Waals surface area contributed by atoms with E-state index in [-0.39, 0.29) is 5.95 Å². The Balaban J connectivity index is 1.48. The van der Waals surface area contributed by atoms with Crippen molar-refractivity contribution in [2.75, 3.05) is 55.9 Å². The number of fused-ring (bicyclic) bond motifs is 1. The number of rotatable bonds is 5. The molecule has 0 amide bonds. The van der Waals surface area contributed by atoms with Crippen LogP contribution in [-0.2, 0) is 0 Å². The summed E-state index contributed by atoms with van der Waals surface area (Å²) in [5.41, 5.74) is 9.19. The molecule has 9 nitrogen and oxygen atoms in total. The molecule has 1 fully saturated rings. The van der Waals surface area contributed by atoms with E-state index in [0.717, 1.165) is 54.6 Å². The number of benzene rings is 1. The molecule has 3 aromatic heterocycles. The van der Waals surface area contributed by atoms with Gasteiger partial charge in [0.05, 0.1) is 25.4 Å². The van der Waals surface area contributed by atoms with Crippen molar-refractivity contribution in [3.05, 3.63) is 54.7 Å². The lowest BCUT2D eigenvalue weighted by atomic mass is 10.1. The van der Waals surface area contributed by atoms with Crippen LogP contribution in [0.15, 0.2) is 54.7 Å².